The summed E-state index contributed by atoms with van der Waals surface area (Å²) in [5.74, 6) is -1.48. The van der Waals surface area contributed by atoms with Crippen molar-refractivity contribution < 1.29 is 36.7 Å². The topological polar surface area (TPSA) is 144 Å². The molecule has 11 nitrogen and oxygen atoms in total. The maximum absolute atomic E-state index is 14.2. The van der Waals surface area contributed by atoms with E-state index < -0.39 is 39.7 Å². The molecule has 1 unspecified atom stereocenters. The number of rotatable bonds is 10. The molecule has 1 aliphatic rings. The molecule has 12 heteroatoms. The predicted molar refractivity (Wildman–Crippen MR) is 151 cm³/mol. The average Bonchev–Trinajstić information content (AvgIpc) is 3.29. The molecule has 0 saturated carbocycles. The predicted octanol–water partition coefficient (Wildman–Crippen LogP) is 3.13. The number of hydrogen-bond donors (Lipinski definition) is 2. The van der Waals surface area contributed by atoms with Crippen LogP contribution in [-0.4, -0.2) is 69.7 Å². The number of benzene rings is 2. The average molecular weight is 586 g/mol. The Morgan fingerprint density at radius 2 is 1.88 bits per heavy atom. The summed E-state index contributed by atoms with van der Waals surface area (Å²) < 4.78 is 45.0. The number of methoxy groups -OCH3 is 2. The SMILES string of the molecule is COc1cccc(S(=O)(=O)N(C(=O)C(CC(C)C)NC(=O)c2cc3cccc(OC)c3o2)[C@H]2CCCNCC2=O)c1. The summed E-state index contributed by atoms with van der Waals surface area (Å²) >= 11 is 0. The molecule has 0 bridgehead atoms. The zero-order valence-corrected chi connectivity index (χ0v) is 24.3. The van der Waals surface area contributed by atoms with Gasteiger partial charge in [-0.05, 0) is 56.0 Å². The molecule has 1 aliphatic heterocycles. The van der Waals surface area contributed by atoms with Gasteiger partial charge in [-0.25, -0.2) is 12.7 Å². The van der Waals surface area contributed by atoms with Crippen LogP contribution in [0.5, 0.6) is 11.5 Å². The van der Waals surface area contributed by atoms with Crippen LogP contribution >= 0.6 is 0 Å². The fraction of sp³-hybridized carbons (Fsp3) is 0.414. The number of nitrogens with one attached hydrogen (secondary N) is 2. The second-order valence-corrected chi connectivity index (χ2v) is 12.1. The first-order chi connectivity index (χ1) is 19.6. The number of ether oxygens (including phenoxy) is 2. The lowest BCUT2D eigenvalue weighted by Gasteiger charge is -2.33. The van der Waals surface area contributed by atoms with Crippen LogP contribution in [0.2, 0.25) is 0 Å². The van der Waals surface area contributed by atoms with E-state index in [0.29, 0.717) is 34.0 Å². The van der Waals surface area contributed by atoms with Gasteiger partial charge in [0.25, 0.3) is 21.8 Å². The second-order valence-electron chi connectivity index (χ2n) is 10.3. The van der Waals surface area contributed by atoms with E-state index in [1.165, 1.54) is 38.5 Å². The standard InChI is InChI=1S/C29H35N3O8S/c1-18(2)14-22(31-28(34)26-15-19-8-5-12-25(39-4)27(19)40-26)29(35)32(23-11-7-13-30-17-24(23)33)41(36,37)21-10-6-9-20(16-21)38-3/h5-6,8-10,12,15-16,18,22-23,30H,7,11,13-14,17H2,1-4H3,(H,31,34)/t22?,23-/m0/s1. The molecule has 1 saturated heterocycles. The van der Waals surface area contributed by atoms with E-state index in [4.69, 9.17) is 13.9 Å². The lowest BCUT2D eigenvalue weighted by Crippen LogP contribution is -2.56. The lowest BCUT2D eigenvalue weighted by atomic mass is 10.0. The number of Topliss-reactive ketones (excluding diaryl/α,β-unsaturated/α-hetero) is 1. The third-order valence-electron chi connectivity index (χ3n) is 6.86. The Balaban J connectivity index is 1.74. The molecule has 2 amide bonds. The maximum Gasteiger partial charge on any atom is 0.287 e. The molecule has 2 heterocycles. The molecular weight excluding hydrogens is 550 g/mol. The van der Waals surface area contributed by atoms with Crippen LogP contribution in [-0.2, 0) is 19.6 Å². The van der Waals surface area contributed by atoms with Gasteiger partial charge in [0.05, 0.1) is 25.7 Å². The second kappa shape index (κ2) is 12.7. The van der Waals surface area contributed by atoms with Crippen LogP contribution in [0.25, 0.3) is 11.0 Å². The minimum absolute atomic E-state index is 0.0667. The fourth-order valence-corrected chi connectivity index (χ4v) is 6.52. The van der Waals surface area contributed by atoms with Crippen LogP contribution in [0, 0.1) is 5.92 Å². The maximum atomic E-state index is 14.2. The molecule has 2 aromatic carbocycles. The Bertz CT molecular complexity index is 1530. The molecule has 2 atom stereocenters. The third kappa shape index (κ3) is 6.54. The number of para-hydroxylation sites is 1. The first-order valence-electron chi connectivity index (χ1n) is 13.4. The van der Waals surface area contributed by atoms with Crippen LogP contribution in [0.4, 0.5) is 0 Å². The van der Waals surface area contributed by atoms with Crippen molar-refractivity contribution in [2.45, 2.75) is 50.1 Å². The molecule has 220 valence electrons. The fourth-order valence-electron chi connectivity index (χ4n) is 4.86. The van der Waals surface area contributed by atoms with Crippen LogP contribution in [0.3, 0.4) is 0 Å². The third-order valence-corrected chi connectivity index (χ3v) is 8.66. The molecule has 1 aromatic heterocycles. The summed E-state index contributed by atoms with van der Waals surface area (Å²) in [5.41, 5.74) is 0.366. The zero-order chi connectivity index (χ0) is 29.7. The monoisotopic (exact) mass is 585 g/mol. The number of amides is 2. The van der Waals surface area contributed by atoms with Crippen molar-refractivity contribution in [2.75, 3.05) is 27.3 Å². The minimum Gasteiger partial charge on any atom is -0.497 e. The van der Waals surface area contributed by atoms with Gasteiger partial charge in [-0.1, -0.05) is 32.0 Å². The smallest absolute Gasteiger partial charge is 0.287 e. The van der Waals surface area contributed by atoms with E-state index >= 15 is 0 Å². The van der Waals surface area contributed by atoms with Gasteiger partial charge < -0.3 is 24.5 Å². The van der Waals surface area contributed by atoms with Crippen molar-refractivity contribution in [3.8, 4) is 11.5 Å². The first-order valence-corrected chi connectivity index (χ1v) is 14.8. The zero-order valence-electron chi connectivity index (χ0n) is 23.5. The summed E-state index contributed by atoms with van der Waals surface area (Å²) in [6.45, 7) is 4.12. The highest BCUT2D eigenvalue weighted by Crippen LogP contribution is 2.30. The van der Waals surface area contributed by atoms with Crippen LogP contribution in [0.1, 0.15) is 43.7 Å². The number of fused-ring (bicyclic) bond motifs is 1. The number of ketones is 1. The Labute approximate surface area is 239 Å². The molecule has 1 fully saturated rings. The minimum atomic E-state index is -4.53. The highest BCUT2D eigenvalue weighted by Gasteiger charge is 2.43. The van der Waals surface area contributed by atoms with Gasteiger partial charge in [0.2, 0.25) is 0 Å². The molecule has 2 N–H and O–H groups in total. The van der Waals surface area contributed by atoms with Gasteiger partial charge in [0.15, 0.2) is 22.9 Å². The summed E-state index contributed by atoms with van der Waals surface area (Å²) in [4.78, 5) is 40.5. The van der Waals surface area contributed by atoms with Gasteiger partial charge in [0.1, 0.15) is 17.8 Å². The molecule has 0 spiro atoms. The van der Waals surface area contributed by atoms with Gasteiger partial charge in [-0.3, -0.25) is 14.4 Å². The van der Waals surface area contributed by atoms with Gasteiger partial charge >= 0.3 is 0 Å². The van der Waals surface area contributed by atoms with Gasteiger partial charge in [-0.15, -0.1) is 0 Å². The Hall–Kier alpha value is -3.90. The Morgan fingerprint density at radius 3 is 2.59 bits per heavy atom. The molecular formula is C29H35N3O8S. The van der Waals surface area contributed by atoms with E-state index in [-0.39, 0.29) is 41.7 Å². The van der Waals surface area contributed by atoms with E-state index in [2.05, 4.69) is 10.6 Å². The van der Waals surface area contributed by atoms with E-state index in [1.54, 1.807) is 24.3 Å². The van der Waals surface area contributed by atoms with Crippen molar-refractivity contribution in [3.63, 3.8) is 0 Å². The number of furan rings is 1. The highest BCUT2D eigenvalue weighted by molar-refractivity contribution is 7.89. The molecule has 0 aliphatic carbocycles. The summed E-state index contributed by atoms with van der Waals surface area (Å²) in [5, 5.41) is 6.28. The van der Waals surface area contributed by atoms with E-state index in [0.717, 1.165) is 0 Å². The van der Waals surface area contributed by atoms with Crippen molar-refractivity contribution in [2.24, 2.45) is 5.92 Å². The number of carbonyl (C=O) groups excluding carboxylic acids is 3. The van der Waals surface area contributed by atoms with Crippen LogP contribution in [0.15, 0.2) is 57.8 Å². The van der Waals surface area contributed by atoms with Gasteiger partial charge in [-0.2, -0.15) is 0 Å². The lowest BCUT2D eigenvalue weighted by molar-refractivity contribution is -0.135. The molecule has 4 rings (SSSR count). The van der Waals surface area contributed by atoms with Crippen LogP contribution < -0.4 is 20.1 Å². The highest BCUT2D eigenvalue weighted by atomic mass is 32.2. The normalized spacial score (nSPS) is 16.7. The number of nitrogens with zero attached hydrogens (tertiary/aromatic N) is 1. The van der Waals surface area contributed by atoms with Crippen molar-refractivity contribution in [1.29, 1.82) is 0 Å². The quantitative estimate of drug-likeness (QED) is 0.367. The van der Waals surface area contributed by atoms with Crippen molar-refractivity contribution in [1.82, 2.24) is 14.9 Å². The Morgan fingerprint density at radius 1 is 1.12 bits per heavy atom. The van der Waals surface area contributed by atoms with Crippen molar-refractivity contribution in [3.05, 3.63) is 54.3 Å². The van der Waals surface area contributed by atoms with E-state index in [1.807, 2.05) is 13.8 Å². The first kappa shape index (κ1) is 30.1. The largest absolute Gasteiger partial charge is 0.497 e. The number of sulfonamides is 1. The summed E-state index contributed by atoms with van der Waals surface area (Å²) in [7, 11) is -1.65. The molecule has 3 aromatic rings. The molecule has 41 heavy (non-hydrogen) atoms. The van der Waals surface area contributed by atoms with E-state index in [9.17, 15) is 22.8 Å². The number of hydrogen-bond acceptors (Lipinski definition) is 9. The molecule has 0 radical (unpaired) electrons. The van der Waals surface area contributed by atoms with Gasteiger partial charge in [0, 0.05) is 11.5 Å². The summed E-state index contributed by atoms with van der Waals surface area (Å²) in [6.07, 6.45) is 0.750. The van der Waals surface area contributed by atoms with Crippen molar-refractivity contribution >= 4 is 38.6 Å². The Kier molecular flexibility index (Phi) is 9.34. The summed E-state index contributed by atoms with van der Waals surface area (Å²) in [6, 6.07) is 9.94. The number of carbonyl (C=O) groups is 3.